The van der Waals surface area contributed by atoms with Crippen molar-refractivity contribution in [2.45, 2.75) is 0 Å². The summed E-state index contributed by atoms with van der Waals surface area (Å²) in [4.78, 5) is 10.7. The van der Waals surface area contributed by atoms with Crippen LogP contribution in [0.1, 0.15) is 10.5 Å². The van der Waals surface area contributed by atoms with Crippen molar-refractivity contribution in [3.05, 3.63) is 40.5 Å². The van der Waals surface area contributed by atoms with E-state index in [0.717, 1.165) is 9.86 Å². The molecule has 1 aromatic carbocycles. The molecule has 18 heavy (non-hydrogen) atoms. The molecule has 3 rings (SSSR count). The Labute approximate surface area is 109 Å². The van der Waals surface area contributed by atoms with Gasteiger partial charge in [0.25, 0.3) is 0 Å². The van der Waals surface area contributed by atoms with Gasteiger partial charge in [-0.25, -0.2) is 4.79 Å². The number of aromatic nitrogens is 1. The maximum atomic E-state index is 10.7. The van der Waals surface area contributed by atoms with Gasteiger partial charge in [0.2, 0.25) is 5.76 Å². The van der Waals surface area contributed by atoms with E-state index in [1.807, 2.05) is 18.2 Å². The number of hydrogen-bond acceptors (Lipinski definition) is 4. The van der Waals surface area contributed by atoms with E-state index in [4.69, 9.17) is 14.0 Å². The van der Waals surface area contributed by atoms with Crippen molar-refractivity contribution in [2.24, 2.45) is 0 Å². The standard InChI is InChI=1S/C12H6BrNO4/c13-7-2-1-6-3-10(17-9(6)4-7)11-5-8(12(15)16)14-18-11/h1-5H,(H,15,16). The lowest BCUT2D eigenvalue weighted by Crippen LogP contribution is -1.94. The van der Waals surface area contributed by atoms with Crippen LogP contribution in [0.25, 0.3) is 22.5 Å². The van der Waals surface area contributed by atoms with Crippen molar-refractivity contribution < 1.29 is 18.8 Å². The third-order valence-electron chi connectivity index (χ3n) is 2.45. The summed E-state index contributed by atoms with van der Waals surface area (Å²) >= 11 is 3.35. The summed E-state index contributed by atoms with van der Waals surface area (Å²) in [5, 5.41) is 13.1. The summed E-state index contributed by atoms with van der Waals surface area (Å²) in [5.74, 6) is -0.397. The van der Waals surface area contributed by atoms with Crippen molar-refractivity contribution in [2.75, 3.05) is 0 Å². The van der Waals surface area contributed by atoms with E-state index in [-0.39, 0.29) is 5.69 Å². The highest BCUT2D eigenvalue weighted by Crippen LogP contribution is 2.29. The van der Waals surface area contributed by atoms with Gasteiger partial charge in [0.15, 0.2) is 11.5 Å². The van der Waals surface area contributed by atoms with Gasteiger partial charge in [-0.1, -0.05) is 21.1 Å². The van der Waals surface area contributed by atoms with Crippen LogP contribution in [-0.2, 0) is 0 Å². The molecule has 6 heteroatoms. The third kappa shape index (κ3) is 1.80. The number of carboxylic acid groups (broad SMARTS) is 1. The average molecular weight is 308 g/mol. The monoisotopic (exact) mass is 307 g/mol. The highest BCUT2D eigenvalue weighted by atomic mass is 79.9. The number of rotatable bonds is 2. The number of carbonyl (C=O) groups is 1. The molecule has 0 fully saturated rings. The predicted octanol–water partition coefficient (Wildman–Crippen LogP) is 3.55. The number of fused-ring (bicyclic) bond motifs is 1. The number of aromatic carboxylic acids is 1. The normalized spacial score (nSPS) is 10.9. The first-order valence-corrected chi connectivity index (χ1v) is 5.82. The minimum Gasteiger partial charge on any atom is -0.476 e. The van der Waals surface area contributed by atoms with Crippen LogP contribution in [0.3, 0.4) is 0 Å². The van der Waals surface area contributed by atoms with Crippen LogP contribution in [0.2, 0.25) is 0 Å². The first-order chi connectivity index (χ1) is 8.63. The van der Waals surface area contributed by atoms with Gasteiger partial charge >= 0.3 is 5.97 Å². The minimum atomic E-state index is -1.14. The smallest absolute Gasteiger partial charge is 0.358 e. The number of benzene rings is 1. The van der Waals surface area contributed by atoms with E-state index in [9.17, 15) is 4.79 Å². The molecule has 0 saturated carbocycles. The fourth-order valence-electron chi connectivity index (χ4n) is 1.62. The van der Waals surface area contributed by atoms with E-state index in [2.05, 4.69) is 21.1 Å². The minimum absolute atomic E-state index is 0.147. The summed E-state index contributed by atoms with van der Waals surface area (Å²) in [6.45, 7) is 0. The van der Waals surface area contributed by atoms with Crippen LogP contribution in [0.15, 0.2) is 43.7 Å². The van der Waals surface area contributed by atoms with Crippen LogP contribution >= 0.6 is 15.9 Å². The fourth-order valence-corrected chi connectivity index (χ4v) is 1.96. The second-order valence-electron chi connectivity index (χ2n) is 3.67. The van der Waals surface area contributed by atoms with Crippen molar-refractivity contribution in [3.63, 3.8) is 0 Å². The molecule has 5 nitrogen and oxygen atoms in total. The predicted molar refractivity (Wildman–Crippen MR) is 66.4 cm³/mol. The van der Waals surface area contributed by atoms with E-state index in [1.165, 1.54) is 6.07 Å². The SMILES string of the molecule is O=C(O)c1cc(-c2cc3ccc(Br)cc3o2)on1. The Morgan fingerprint density at radius 2 is 2.06 bits per heavy atom. The Balaban J connectivity index is 2.10. The Kier molecular flexibility index (Phi) is 2.45. The Hall–Kier alpha value is -2.08. The van der Waals surface area contributed by atoms with Gasteiger partial charge in [-0.05, 0) is 24.3 Å². The zero-order chi connectivity index (χ0) is 12.7. The Morgan fingerprint density at radius 1 is 1.22 bits per heavy atom. The number of furan rings is 1. The maximum Gasteiger partial charge on any atom is 0.358 e. The molecule has 1 N–H and O–H groups in total. The van der Waals surface area contributed by atoms with Crippen LogP contribution in [0.5, 0.6) is 0 Å². The molecule has 2 aromatic heterocycles. The molecule has 0 bridgehead atoms. The van der Waals surface area contributed by atoms with Crippen LogP contribution < -0.4 is 0 Å². The fraction of sp³-hybridized carbons (Fsp3) is 0. The molecule has 0 radical (unpaired) electrons. The van der Waals surface area contributed by atoms with Crippen molar-refractivity contribution >= 4 is 32.9 Å². The van der Waals surface area contributed by atoms with Crippen LogP contribution in [-0.4, -0.2) is 16.2 Å². The summed E-state index contributed by atoms with van der Waals surface area (Å²) < 4.78 is 11.4. The average Bonchev–Trinajstić information content (AvgIpc) is 2.93. The molecule has 0 aliphatic carbocycles. The number of nitrogens with zero attached hydrogens (tertiary/aromatic N) is 1. The summed E-state index contributed by atoms with van der Waals surface area (Å²) in [6.07, 6.45) is 0. The Morgan fingerprint density at radius 3 is 2.78 bits per heavy atom. The van der Waals surface area contributed by atoms with Crippen molar-refractivity contribution in [1.29, 1.82) is 0 Å². The molecule has 0 aliphatic heterocycles. The van der Waals surface area contributed by atoms with Crippen molar-refractivity contribution in [3.8, 4) is 11.5 Å². The second-order valence-corrected chi connectivity index (χ2v) is 4.59. The van der Waals surface area contributed by atoms with E-state index in [1.54, 1.807) is 6.07 Å². The molecule has 2 heterocycles. The lowest BCUT2D eigenvalue weighted by Gasteiger charge is -1.88. The second kappa shape index (κ2) is 3.99. The van der Waals surface area contributed by atoms with E-state index in [0.29, 0.717) is 17.1 Å². The van der Waals surface area contributed by atoms with Gasteiger partial charge in [-0.2, -0.15) is 0 Å². The van der Waals surface area contributed by atoms with Gasteiger partial charge in [-0.15, -0.1) is 0 Å². The van der Waals surface area contributed by atoms with Gasteiger partial charge < -0.3 is 14.0 Å². The number of halogens is 1. The summed E-state index contributed by atoms with van der Waals surface area (Å²) in [5.41, 5.74) is 0.541. The van der Waals surface area contributed by atoms with Crippen molar-refractivity contribution in [1.82, 2.24) is 5.16 Å². The highest BCUT2D eigenvalue weighted by molar-refractivity contribution is 9.10. The van der Waals surface area contributed by atoms with Crippen LogP contribution in [0, 0.1) is 0 Å². The van der Waals surface area contributed by atoms with Gasteiger partial charge in [-0.3, -0.25) is 0 Å². The molecule has 0 atom stereocenters. The molecular formula is C12H6BrNO4. The quantitative estimate of drug-likeness (QED) is 0.783. The first-order valence-electron chi connectivity index (χ1n) is 5.03. The molecule has 3 aromatic rings. The molecule has 0 spiro atoms. The topological polar surface area (TPSA) is 76.5 Å². The number of hydrogen-bond donors (Lipinski definition) is 1. The molecule has 0 aliphatic rings. The molecule has 90 valence electrons. The first kappa shape index (κ1) is 11.0. The lowest BCUT2D eigenvalue weighted by atomic mass is 10.2. The van der Waals surface area contributed by atoms with Gasteiger partial charge in [0.05, 0.1) is 0 Å². The van der Waals surface area contributed by atoms with Crippen LogP contribution in [0.4, 0.5) is 0 Å². The molecule has 0 saturated heterocycles. The Bertz CT molecular complexity index is 743. The van der Waals surface area contributed by atoms with E-state index >= 15 is 0 Å². The maximum absolute atomic E-state index is 10.7. The van der Waals surface area contributed by atoms with E-state index < -0.39 is 5.97 Å². The third-order valence-corrected chi connectivity index (χ3v) is 2.95. The molecule has 0 amide bonds. The molecule has 0 unspecified atom stereocenters. The van der Waals surface area contributed by atoms with Gasteiger partial charge in [0.1, 0.15) is 5.58 Å². The zero-order valence-corrected chi connectivity index (χ0v) is 10.5. The largest absolute Gasteiger partial charge is 0.476 e. The molecular weight excluding hydrogens is 302 g/mol. The summed E-state index contributed by atoms with van der Waals surface area (Å²) in [7, 11) is 0. The van der Waals surface area contributed by atoms with Gasteiger partial charge in [0, 0.05) is 15.9 Å². The summed E-state index contributed by atoms with van der Waals surface area (Å²) in [6, 6.07) is 8.71. The highest BCUT2D eigenvalue weighted by Gasteiger charge is 2.15. The number of carboxylic acids is 1. The lowest BCUT2D eigenvalue weighted by molar-refractivity contribution is 0.0686. The zero-order valence-electron chi connectivity index (χ0n) is 8.88.